The molecule has 2 fully saturated rings. The quantitative estimate of drug-likeness (QED) is 0.701. The van der Waals surface area contributed by atoms with E-state index < -0.39 is 0 Å². The van der Waals surface area contributed by atoms with Crippen LogP contribution < -0.4 is 20.1 Å². The first kappa shape index (κ1) is 25.8. The topological polar surface area (TPSA) is 62.8 Å². The van der Waals surface area contributed by atoms with Crippen LogP contribution in [-0.2, 0) is 11.3 Å². The van der Waals surface area contributed by atoms with Crippen LogP contribution in [0.2, 0.25) is 0 Å². The van der Waals surface area contributed by atoms with Crippen molar-refractivity contribution >= 4 is 30.7 Å². The van der Waals surface area contributed by atoms with E-state index in [9.17, 15) is 4.79 Å². The molecule has 2 aliphatic rings. The molecule has 2 N–H and O–H groups in total. The molecule has 0 radical (unpaired) electrons. The highest BCUT2D eigenvalue weighted by Gasteiger charge is 2.45. The second-order valence-electron chi connectivity index (χ2n) is 8.25. The first-order valence-corrected chi connectivity index (χ1v) is 9.95. The molecular formula is C21H35Cl2N3O3. The van der Waals surface area contributed by atoms with Crippen LogP contribution in [-0.4, -0.2) is 56.7 Å². The van der Waals surface area contributed by atoms with Gasteiger partial charge in [-0.15, -0.1) is 24.8 Å². The molecule has 0 aliphatic carbocycles. The molecule has 1 amide bonds. The average Bonchev–Trinajstić information content (AvgIpc) is 2.96. The lowest BCUT2D eigenvalue weighted by atomic mass is 9.77. The molecule has 0 saturated carbocycles. The van der Waals surface area contributed by atoms with Gasteiger partial charge in [0.15, 0.2) is 11.5 Å². The van der Waals surface area contributed by atoms with Crippen LogP contribution in [0.5, 0.6) is 11.5 Å². The van der Waals surface area contributed by atoms with Gasteiger partial charge >= 0.3 is 0 Å². The van der Waals surface area contributed by atoms with E-state index in [2.05, 4.69) is 22.6 Å². The van der Waals surface area contributed by atoms with E-state index in [1.165, 1.54) is 0 Å². The van der Waals surface area contributed by atoms with Gasteiger partial charge in [-0.25, -0.2) is 0 Å². The summed E-state index contributed by atoms with van der Waals surface area (Å²) in [7, 11) is 3.71. The fourth-order valence-corrected chi connectivity index (χ4v) is 4.36. The number of piperidine rings is 1. The Balaban J connectivity index is 0.00000210. The van der Waals surface area contributed by atoms with Gasteiger partial charge in [-0.2, -0.15) is 0 Å². The molecule has 0 aromatic heterocycles. The van der Waals surface area contributed by atoms with Crippen LogP contribution in [0.15, 0.2) is 18.2 Å². The molecule has 2 aliphatic heterocycles. The predicted octanol–water partition coefficient (Wildman–Crippen LogP) is 3.02. The Hall–Kier alpha value is -1.21. The maximum Gasteiger partial charge on any atom is 0.237 e. The number of ether oxygens (including phenoxy) is 2. The highest BCUT2D eigenvalue weighted by Crippen LogP contribution is 2.41. The summed E-state index contributed by atoms with van der Waals surface area (Å²) in [5.41, 5.74) is 1.31. The molecule has 1 unspecified atom stereocenters. The zero-order valence-electron chi connectivity index (χ0n) is 17.8. The highest BCUT2D eigenvalue weighted by molar-refractivity contribution is 5.85. The largest absolute Gasteiger partial charge is 0.493 e. The summed E-state index contributed by atoms with van der Waals surface area (Å²) in [5.74, 6) is 1.54. The third kappa shape index (κ3) is 6.38. The summed E-state index contributed by atoms with van der Waals surface area (Å²) < 4.78 is 11.2. The lowest BCUT2D eigenvalue weighted by molar-refractivity contribution is -0.125. The number of amides is 1. The Labute approximate surface area is 186 Å². The number of carbonyl (C=O) groups excluding carboxylic acids is 1. The number of nitrogens with zero attached hydrogens (tertiary/aromatic N) is 1. The zero-order chi connectivity index (χ0) is 19.4. The fraction of sp³-hybridized carbons (Fsp3) is 0.667. The lowest BCUT2D eigenvalue weighted by Gasteiger charge is -2.33. The number of hydrogen-bond donors (Lipinski definition) is 2. The summed E-state index contributed by atoms with van der Waals surface area (Å²) in [6, 6.07) is 5.79. The van der Waals surface area contributed by atoms with Crippen LogP contribution in [0.3, 0.4) is 0 Å². The SMILES string of the molecule is COc1cc(CNC(=O)C2CC3(CCNCC3)CN2C)ccc1OC(C)C.Cl.Cl. The Bertz CT molecular complexity index is 667. The normalized spacial score (nSPS) is 20.7. The molecular weight excluding hydrogens is 413 g/mol. The van der Waals surface area contributed by atoms with Crippen molar-refractivity contribution in [1.82, 2.24) is 15.5 Å². The number of halogens is 2. The Kier molecular flexibility index (Phi) is 10.0. The number of likely N-dealkylation sites (tertiary alicyclic amines) is 1. The highest BCUT2D eigenvalue weighted by atomic mass is 35.5. The molecule has 1 aromatic rings. The van der Waals surface area contributed by atoms with Gasteiger partial charge < -0.3 is 20.1 Å². The Morgan fingerprint density at radius 2 is 1.97 bits per heavy atom. The van der Waals surface area contributed by atoms with E-state index in [-0.39, 0.29) is 42.9 Å². The molecule has 1 atom stereocenters. The molecule has 2 saturated heterocycles. The van der Waals surface area contributed by atoms with Gasteiger partial charge in [0.05, 0.1) is 19.3 Å². The van der Waals surface area contributed by atoms with E-state index in [1.54, 1.807) is 7.11 Å². The van der Waals surface area contributed by atoms with E-state index >= 15 is 0 Å². The second kappa shape index (κ2) is 11.3. The molecule has 8 heteroatoms. The molecule has 166 valence electrons. The summed E-state index contributed by atoms with van der Waals surface area (Å²) in [6.07, 6.45) is 3.37. The summed E-state index contributed by atoms with van der Waals surface area (Å²) in [4.78, 5) is 15.0. The third-order valence-electron chi connectivity index (χ3n) is 5.77. The first-order valence-electron chi connectivity index (χ1n) is 9.95. The maximum atomic E-state index is 12.8. The monoisotopic (exact) mass is 447 g/mol. The smallest absolute Gasteiger partial charge is 0.237 e. The lowest BCUT2D eigenvalue weighted by Crippen LogP contribution is -2.41. The van der Waals surface area contributed by atoms with Crippen molar-refractivity contribution in [3.63, 3.8) is 0 Å². The summed E-state index contributed by atoms with van der Waals surface area (Å²) in [6.45, 7) is 7.61. The van der Waals surface area contributed by atoms with E-state index in [1.807, 2.05) is 32.0 Å². The molecule has 3 rings (SSSR count). The predicted molar refractivity (Wildman–Crippen MR) is 121 cm³/mol. The van der Waals surface area contributed by atoms with Crippen LogP contribution in [0.25, 0.3) is 0 Å². The molecule has 29 heavy (non-hydrogen) atoms. The minimum Gasteiger partial charge on any atom is -0.493 e. The van der Waals surface area contributed by atoms with E-state index in [0.717, 1.165) is 50.2 Å². The van der Waals surface area contributed by atoms with Crippen molar-refractivity contribution in [2.24, 2.45) is 5.41 Å². The van der Waals surface area contributed by atoms with Crippen molar-refractivity contribution in [2.45, 2.75) is 51.8 Å². The number of benzene rings is 1. The van der Waals surface area contributed by atoms with Crippen molar-refractivity contribution in [1.29, 1.82) is 0 Å². The van der Waals surface area contributed by atoms with Gasteiger partial charge in [0, 0.05) is 13.1 Å². The van der Waals surface area contributed by atoms with Gasteiger partial charge in [-0.05, 0) is 76.4 Å². The van der Waals surface area contributed by atoms with Crippen LogP contribution in [0, 0.1) is 5.41 Å². The van der Waals surface area contributed by atoms with Crippen molar-refractivity contribution in [2.75, 3.05) is 33.8 Å². The molecule has 0 bridgehead atoms. The molecule has 1 spiro atoms. The first-order chi connectivity index (χ1) is 12.9. The minimum absolute atomic E-state index is 0. The fourth-order valence-electron chi connectivity index (χ4n) is 4.36. The van der Waals surface area contributed by atoms with Crippen LogP contribution in [0.4, 0.5) is 0 Å². The number of likely N-dealkylation sites (N-methyl/N-ethyl adjacent to an activating group) is 1. The minimum atomic E-state index is -0.0338. The zero-order valence-corrected chi connectivity index (χ0v) is 19.5. The van der Waals surface area contributed by atoms with E-state index in [4.69, 9.17) is 9.47 Å². The van der Waals surface area contributed by atoms with Crippen LogP contribution in [0.1, 0.15) is 38.7 Å². The number of rotatable bonds is 6. The number of nitrogens with one attached hydrogen (secondary N) is 2. The molecule has 6 nitrogen and oxygen atoms in total. The van der Waals surface area contributed by atoms with Gasteiger partial charge in [0.2, 0.25) is 5.91 Å². The van der Waals surface area contributed by atoms with Gasteiger partial charge in [-0.3, -0.25) is 9.69 Å². The third-order valence-corrected chi connectivity index (χ3v) is 5.77. The van der Waals surface area contributed by atoms with Crippen molar-refractivity contribution < 1.29 is 14.3 Å². The summed E-state index contributed by atoms with van der Waals surface area (Å²) in [5, 5.41) is 6.54. The molecule has 2 heterocycles. The number of methoxy groups -OCH3 is 1. The average molecular weight is 448 g/mol. The van der Waals surface area contributed by atoms with Crippen molar-refractivity contribution in [3.05, 3.63) is 23.8 Å². The second-order valence-corrected chi connectivity index (χ2v) is 8.25. The Morgan fingerprint density at radius 3 is 2.59 bits per heavy atom. The molecule has 1 aromatic carbocycles. The Morgan fingerprint density at radius 1 is 1.28 bits per heavy atom. The number of hydrogen-bond acceptors (Lipinski definition) is 5. The number of carbonyl (C=O) groups is 1. The van der Waals surface area contributed by atoms with Gasteiger partial charge in [0.1, 0.15) is 0 Å². The van der Waals surface area contributed by atoms with Gasteiger partial charge in [-0.1, -0.05) is 6.07 Å². The summed E-state index contributed by atoms with van der Waals surface area (Å²) >= 11 is 0. The van der Waals surface area contributed by atoms with Crippen LogP contribution >= 0.6 is 24.8 Å². The maximum absolute atomic E-state index is 12.8. The van der Waals surface area contributed by atoms with Crippen molar-refractivity contribution in [3.8, 4) is 11.5 Å². The van der Waals surface area contributed by atoms with E-state index in [0.29, 0.717) is 17.7 Å². The standard InChI is InChI=1S/C21H33N3O3.2ClH/c1-15(2)27-18-6-5-16(11-19(18)26-4)13-23-20(25)17-12-21(14-24(17)3)7-9-22-10-8-21;;/h5-6,11,15,17,22H,7-10,12-14H2,1-4H3,(H,23,25);2*1H. The van der Waals surface area contributed by atoms with Gasteiger partial charge in [0.25, 0.3) is 0 Å².